The first-order valence-corrected chi connectivity index (χ1v) is 10.3. The van der Waals surface area contributed by atoms with E-state index < -0.39 is 11.4 Å². The van der Waals surface area contributed by atoms with Gasteiger partial charge >= 0.3 is 5.97 Å². The molecular formula is C22H23BrN2O3. The summed E-state index contributed by atoms with van der Waals surface area (Å²) >= 11 is 3.66. The Kier molecular flexibility index (Phi) is 5.25. The summed E-state index contributed by atoms with van der Waals surface area (Å²) in [6.07, 6.45) is 1.48. The van der Waals surface area contributed by atoms with E-state index in [0.29, 0.717) is 0 Å². The number of carbonyl (C=O) groups excluding carboxylic acids is 2. The quantitative estimate of drug-likeness (QED) is 0.679. The Hall–Kier alpha value is -2.18. The van der Waals surface area contributed by atoms with E-state index in [2.05, 4.69) is 45.1 Å². The molecule has 0 atom stereocenters. The topological polar surface area (TPSA) is 49.9 Å². The first-order valence-electron chi connectivity index (χ1n) is 9.49. The molecule has 2 aliphatic heterocycles. The Morgan fingerprint density at radius 1 is 1.11 bits per heavy atom. The normalized spacial score (nSPS) is 18.4. The number of hydrogen-bond acceptors (Lipinski definition) is 4. The molecule has 0 saturated carbocycles. The minimum Gasteiger partial charge on any atom is -0.468 e. The van der Waals surface area contributed by atoms with Crippen molar-refractivity contribution in [3.8, 4) is 0 Å². The largest absolute Gasteiger partial charge is 0.468 e. The van der Waals surface area contributed by atoms with Crippen molar-refractivity contribution >= 4 is 33.5 Å². The van der Waals surface area contributed by atoms with Crippen molar-refractivity contribution in [2.45, 2.75) is 24.8 Å². The van der Waals surface area contributed by atoms with Gasteiger partial charge in [-0.25, -0.2) is 0 Å². The number of fused-ring (bicyclic) bond motifs is 2. The molecule has 0 bridgehead atoms. The molecular weight excluding hydrogens is 420 g/mol. The smallest absolute Gasteiger partial charge is 0.325 e. The molecule has 1 fully saturated rings. The number of halogens is 1. The van der Waals surface area contributed by atoms with Crippen LogP contribution in [-0.4, -0.2) is 43.5 Å². The highest BCUT2D eigenvalue weighted by Gasteiger charge is 2.53. The Morgan fingerprint density at radius 2 is 1.82 bits per heavy atom. The van der Waals surface area contributed by atoms with Crippen molar-refractivity contribution in [2.24, 2.45) is 0 Å². The van der Waals surface area contributed by atoms with Gasteiger partial charge in [-0.05, 0) is 43.6 Å². The Balaban J connectivity index is 1.59. The molecule has 2 aromatic carbocycles. The molecule has 1 amide bonds. The van der Waals surface area contributed by atoms with E-state index in [1.165, 1.54) is 12.7 Å². The lowest BCUT2D eigenvalue weighted by Gasteiger charge is -2.38. The molecule has 1 spiro atoms. The predicted molar refractivity (Wildman–Crippen MR) is 111 cm³/mol. The lowest BCUT2D eigenvalue weighted by Crippen LogP contribution is -2.49. The van der Waals surface area contributed by atoms with Crippen LogP contribution in [0.5, 0.6) is 0 Å². The van der Waals surface area contributed by atoms with Crippen LogP contribution < -0.4 is 4.90 Å². The van der Waals surface area contributed by atoms with Gasteiger partial charge in [-0.1, -0.05) is 52.3 Å². The molecule has 5 nitrogen and oxygen atoms in total. The molecule has 0 N–H and O–H groups in total. The number of anilines is 1. The molecule has 2 aliphatic rings. The summed E-state index contributed by atoms with van der Waals surface area (Å²) in [6, 6.07) is 16.2. The molecule has 0 aliphatic carbocycles. The molecule has 1 saturated heterocycles. The maximum Gasteiger partial charge on any atom is 0.325 e. The Bertz CT molecular complexity index is 892. The van der Waals surface area contributed by atoms with E-state index in [1.807, 2.05) is 24.3 Å². The van der Waals surface area contributed by atoms with Crippen LogP contribution in [0.15, 0.2) is 53.0 Å². The summed E-state index contributed by atoms with van der Waals surface area (Å²) in [6.45, 7) is 2.52. The van der Waals surface area contributed by atoms with Crippen LogP contribution >= 0.6 is 15.9 Å². The zero-order valence-corrected chi connectivity index (χ0v) is 17.4. The first kappa shape index (κ1) is 19.2. The van der Waals surface area contributed by atoms with Gasteiger partial charge in [0.2, 0.25) is 5.91 Å². The van der Waals surface area contributed by atoms with Crippen molar-refractivity contribution < 1.29 is 14.3 Å². The number of likely N-dealkylation sites (tertiary alicyclic amines) is 1. The number of methoxy groups -OCH3 is 1. The summed E-state index contributed by atoms with van der Waals surface area (Å²) in [4.78, 5) is 29.4. The average molecular weight is 443 g/mol. The molecule has 28 heavy (non-hydrogen) atoms. The van der Waals surface area contributed by atoms with Crippen molar-refractivity contribution in [3.63, 3.8) is 0 Å². The number of carbonyl (C=O) groups is 2. The monoisotopic (exact) mass is 442 g/mol. The van der Waals surface area contributed by atoms with Gasteiger partial charge in [-0.2, -0.15) is 0 Å². The standard InChI is InChI=1S/C22H23BrN2O3/c1-28-19(26)15-25-18-9-5-8-17(23)20(18)22(21(25)27)10-12-24(13-11-22)14-16-6-3-2-4-7-16/h2-9H,10-15H2,1H3. The lowest BCUT2D eigenvalue weighted by atomic mass is 9.73. The van der Waals surface area contributed by atoms with Gasteiger partial charge in [0.1, 0.15) is 6.54 Å². The molecule has 6 heteroatoms. The molecule has 2 aromatic rings. The average Bonchev–Trinajstić information content (AvgIpc) is 2.94. The number of ether oxygens (including phenoxy) is 1. The molecule has 0 unspecified atom stereocenters. The number of nitrogens with zero attached hydrogens (tertiary/aromatic N) is 2. The fourth-order valence-corrected chi connectivity index (χ4v) is 5.17. The van der Waals surface area contributed by atoms with Gasteiger partial charge in [-0.15, -0.1) is 0 Å². The van der Waals surface area contributed by atoms with Crippen LogP contribution in [0.3, 0.4) is 0 Å². The highest BCUT2D eigenvalue weighted by molar-refractivity contribution is 9.10. The third-order valence-electron chi connectivity index (χ3n) is 5.89. The van der Waals surface area contributed by atoms with E-state index in [0.717, 1.165) is 48.2 Å². The second-order valence-corrected chi connectivity index (χ2v) is 8.30. The van der Waals surface area contributed by atoms with Gasteiger partial charge in [-0.3, -0.25) is 14.5 Å². The number of rotatable bonds is 4. The van der Waals surface area contributed by atoms with Gasteiger partial charge < -0.3 is 9.64 Å². The number of benzene rings is 2. The third kappa shape index (κ3) is 3.25. The van der Waals surface area contributed by atoms with Crippen molar-refractivity contribution in [1.82, 2.24) is 4.90 Å². The molecule has 0 radical (unpaired) electrons. The number of amides is 1. The fourth-order valence-electron chi connectivity index (χ4n) is 4.44. The highest BCUT2D eigenvalue weighted by atomic mass is 79.9. The maximum atomic E-state index is 13.5. The highest BCUT2D eigenvalue weighted by Crippen LogP contribution is 2.50. The zero-order valence-electron chi connectivity index (χ0n) is 15.9. The second-order valence-electron chi connectivity index (χ2n) is 7.45. The first-order chi connectivity index (χ1) is 13.5. The van der Waals surface area contributed by atoms with Gasteiger partial charge in [0.25, 0.3) is 0 Å². The van der Waals surface area contributed by atoms with E-state index in [9.17, 15) is 9.59 Å². The molecule has 0 aromatic heterocycles. The van der Waals surface area contributed by atoms with Crippen molar-refractivity contribution in [1.29, 1.82) is 0 Å². The van der Waals surface area contributed by atoms with Gasteiger partial charge in [0.15, 0.2) is 0 Å². The van der Waals surface area contributed by atoms with E-state index in [-0.39, 0.29) is 12.5 Å². The maximum absolute atomic E-state index is 13.5. The fraction of sp³-hybridized carbons (Fsp3) is 0.364. The summed E-state index contributed by atoms with van der Waals surface area (Å²) in [5.41, 5.74) is 2.55. The summed E-state index contributed by atoms with van der Waals surface area (Å²) < 4.78 is 5.74. The Labute approximate surface area is 173 Å². The predicted octanol–water partition coefficient (Wildman–Crippen LogP) is 3.50. The number of esters is 1. The number of hydrogen-bond donors (Lipinski definition) is 0. The van der Waals surface area contributed by atoms with Crippen LogP contribution in [0.1, 0.15) is 24.0 Å². The minimum atomic E-state index is -0.573. The van der Waals surface area contributed by atoms with Crippen molar-refractivity contribution in [3.05, 3.63) is 64.1 Å². The SMILES string of the molecule is COC(=O)CN1C(=O)C2(CCN(Cc3ccccc3)CC2)c2c(Br)cccc21. The zero-order chi connectivity index (χ0) is 19.7. The molecule has 2 heterocycles. The van der Waals surface area contributed by atoms with Crippen LogP contribution in [-0.2, 0) is 26.3 Å². The van der Waals surface area contributed by atoms with Crippen LogP contribution in [0.2, 0.25) is 0 Å². The number of piperidine rings is 1. The summed E-state index contributed by atoms with van der Waals surface area (Å²) in [5, 5.41) is 0. The van der Waals surface area contributed by atoms with E-state index in [4.69, 9.17) is 4.74 Å². The summed E-state index contributed by atoms with van der Waals surface area (Å²) in [5.74, 6) is -0.392. The Morgan fingerprint density at radius 3 is 2.50 bits per heavy atom. The molecule has 146 valence electrons. The van der Waals surface area contributed by atoms with E-state index in [1.54, 1.807) is 4.90 Å². The van der Waals surface area contributed by atoms with Crippen LogP contribution in [0.4, 0.5) is 5.69 Å². The second kappa shape index (κ2) is 7.68. The van der Waals surface area contributed by atoms with Crippen LogP contribution in [0.25, 0.3) is 0 Å². The van der Waals surface area contributed by atoms with Crippen molar-refractivity contribution in [2.75, 3.05) is 31.6 Å². The third-order valence-corrected chi connectivity index (χ3v) is 6.55. The van der Waals surface area contributed by atoms with Gasteiger partial charge in [0.05, 0.1) is 12.5 Å². The van der Waals surface area contributed by atoms with Crippen LogP contribution in [0, 0.1) is 0 Å². The van der Waals surface area contributed by atoms with E-state index >= 15 is 0 Å². The summed E-state index contributed by atoms with van der Waals surface area (Å²) in [7, 11) is 1.35. The minimum absolute atomic E-state index is 0.0131. The van der Waals surface area contributed by atoms with Gasteiger partial charge in [0, 0.05) is 22.3 Å². The molecule has 4 rings (SSSR count). The lowest BCUT2D eigenvalue weighted by molar-refractivity contribution is -0.140.